The Bertz CT molecular complexity index is 972. The molecule has 0 aliphatic carbocycles. The minimum Gasteiger partial charge on any atom is -0.497 e. The number of thiocarbonyl (C=S) groups is 1. The quantitative estimate of drug-likeness (QED) is 0.224. The van der Waals surface area contributed by atoms with E-state index < -0.39 is 0 Å². The summed E-state index contributed by atoms with van der Waals surface area (Å²) in [7, 11) is 3.26. The van der Waals surface area contributed by atoms with Crippen LogP contribution in [0.1, 0.15) is 78.4 Å². The number of ether oxygens (including phenoxy) is 3. The molecule has 2 N–H and O–H groups in total. The van der Waals surface area contributed by atoms with Gasteiger partial charge in [-0.2, -0.15) is 0 Å². The van der Waals surface area contributed by atoms with Crippen molar-refractivity contribution in [3.05, 3.63) is 47.5 Å². The molecule has 0 heterocycles. The second kappa shape index (κ2) is 13.0. The lowest BCUT2D eigenvalue weighted by Gasteiger charge is -2.30. The molecule has 0 spiro atoms. The Labute approximate surface area is 217 Å². The summed E-state index contributed by atoms with van der Waals surface area (Å²) in [5.74, 6) is 2.42. The van der Waals surface area contributed by atoms with Gasteiger partial charge in [0.25, 0.3) is 0 Å². The lowest BCUT2D eigenvalue weighted by atomic mass is 9.76. The number of rotatable bonds is 13. The third-order valence-corrected chi connectivity index (χ3v) is 7.28. The minimum absolute atomic E-state index is 0.0666. The molecule has 0 aromatic heterocycles. The third kappa shape index (κ3) is 8.03. The standard InChI is InChI=1S/C29H44N2O3S/c1-9-28(3,4)21-13-16-25(23(19-21)29(5,6)10-2)34-18-12-11-17-30-27(35)31-24-15-14-22(32-7)20-26(24)33-8/h13-16,19-20H,9-12,17-18H2,1-8H3,(H2,30,31,35). The Morgan fingerprint density at radius 1 is 0.857 bits per heavy atom. The summed E-state index contributed by atoms with van der Waals surface area (Å²) >= 11 is 5.44. The minimum atomic E-state index is 0.0666. The van der Waals surface area contributed by atoms with Crippen molar-refractivity contribution in [2.75, 3.05) is 32.7 Å². The summed E-state index contributed by atoms with van der Waals surface area (Å²) in [5, 5.41) is 7.02. The highest BCUT2D eigenvalue weighted by atomic mass is 32.1. The molecule has 2 aromatic rings. The first-order valence-corrected chi connectivity index (χ1v) is 13.0. The molecule has 0 saturated heterocycles. The number of unbranched alkanes of at least 4 members (excludes halogenated alkanes) is 1. The summed E-state index contributed by atoms with van der Waals surface area (Å²) in [6, 6.07) is 12.3. The van der Waals surface area contributed by atoms with Crippen molar-refractivity contribution >= 4 is 23.0 Å². The van der Waals surface area contributed by atoms with E-state index in [4.69, 9.17) is 26.4 Å². The Balaban J connectivity index is 1.87. The fourth-order valence-corrected chi connectivity index (χ4v) is 3.89. The Hall–Kier alpha value is -2.47. The summed E-state index contributed by atoms with van der Waals surface area (Å²) in [6.45, 7) is 15.2. The van der Waals surface area contributed by atoms with Gasteiger partial charge in [0.05, 0.1) is 26.5 Å². The zero-order valence-corrected chi connectivity index (χ0v) is 23.7. The van der Waals surface area contributed by atoms with Crippen LogP contribution in [0.3, 0.4) is 0 Å². The highest BCUT2D eigenvalue weighted by Gasteiger charge is 2.26. The maximum Gasteiger partial charge on any atom is 0.170 e. The normalized spacial score (nSPS) is 11.7. The first-order chi connectivity index (χ1) is 16.6. The van der Waals surface area contributed by atoms with Crippen LogP contribution in [0.15, 0.2) is 36.4 Å². The van der Waals surface area contributed by atoms with Crippen molar-refractivity contribution in [2.45, 2.75) is 78.1 Å². The van der Waals surface area contributed by atoms with Crippen LogP contribution in [-0.4, -0.2) is 32.5 Å². The van der Waals surface area contributed by atoms with Gasteiger partial charge in [-0.05, 0) is 72.5 Å². The zero-order valence-electron chi connectivity index (χ0n) is 22.8. The first kappa shape index (κ1) is 28.8. The average Bonchev–Trinajstić information content (AvgIpc) is 2.86. The van der Waals surface area contributed by atoms with Gasteiger partial charge in [-0.1, -0.05) is 53.7 Å². The van der Waals surface area contributed by atoms with Gasteiger partial charge >= 0.3 is 0 Å². The summed E-state index contributed by atoms with van der Waals surface area (Å²) < 4.78 is 16.9. The monoisotopic (exact) mass is 500 g/mol. The SMILES string of the molecule is CCC(C)(C)c1ccc(OCCCCNC(=S)Nc2ccc(OC)cc2OC)c(C(C)(C)CC)c1. The topological polar surface area (TPSA) is 51.8 Å². The van der Waals surface area contributed by atoms with Crippen molar-refractivity contribution in [3.8, 4) is 17.2 Å². The van der Waals surface area contributed by atoms with Crippen LogP contribution < -0.4 is 24.8 Å². The van der Waals surface area contributed by atoms with Crippen LogP contribution >= 0.6 is 12.2 Å². The predicted octanol–water partition coefficient (Wildman–Crippen LogP) is 7.22. The third-order valence-electron chi connectivity index (χ3n) is 7.03. The number of anilines is 1. The molecule has 2 rings (SSSR count). The molecule has 0 aliphatic heterocycles. The average molecular weight is 501 g/mol. The van der Waals surface area contributed by atoms with E-state index in [-0.39, 0.29) is 10.8 Å². The van der Waals surface area contributed by atoms with Crippen molar-refractivity contribution in [1.82, 2.24) is 5.32 Å². The second-order valence-electron chi connectivity index (χ2n) is 10.2. The molecule has 0 saturated carbocycles. The molecule has 0 aliphatic rings. The van der Waals surface area contributed by atoms with Gasteiger partial charge in [0, 0.05) is 18.2 Å². The Morgan fingerprint density at radius 2 is 1.57 bits per heavy atom. The van der Waals surface area contributed by atoms with Crippen LogP contribution in [0.4, 0.5) is 5.69 Å². The van der Waals surface area contributed by atoms with Gasteiger partial charge in [0.2, 0.25) is 0 Å². The lowest BCUT2D eigenvalue weighted by molar-refractivity contribution is 0.296. The molecule has 5 nitrogen and oxygen atoms in total. The van der Waals surface area contributed by atoms with Crippen molar-refractivity contribution in [3.63, 3.8) is 0 Å². The predicted molar refractivity (Wildman–Crippen MR) is 152 cm³/mol. The number of methoxy groups -OCH3 is 2. The molecular formula is C29H44N2O3S. The number of hydrogen-bond donors (Lipinski definition) is 2. The molecule has 35 heavy (non-hydrogen) atoms. The fraction of sp³-hybridized carbons (Fsp3) is 0.552. The molecule has 0 radical (unpaired) electrons. The maximum absolute atomic E-state index is 6.28. The lowest BCUT2D eigenvalue weighted by Crippen LogP contribution is -2.29. The Kier molecular flexibility index (Phi) is 10.7. The van der Waals surface area contributed by atoms with Crippen LogP contribution in [-0.2, 0) is 10.8 Å². The van der Waals surface area contributed by atoms with Crippen LogP contribution in [0.5, 0.6) is 17.2 Å². The molecule has 0 unspecified atom stereocenters. The number of nitrogens with one attached hydrogen (secondary N) is 2. The van der Waals surface area contributed by atoms with Gasteiger partial charge in [0.1, 0.15) is 17.2 Å². The van der Waals surface area contributed by atoms with Crippen LogP contribution in [0.25, 0.3) is 0 Å². The molecule has 2 aromatic carbocycles. The van der Waals surface area contributed by atoms with E-state index in [0.29, 0.717) is 17.5 Å². The highest BCUT2D eigenvalue weighted by Crippen LogP contribution is 2.38. The van der Waals surface area contributed by atoms with E-state index in [0.717, 1.165) is 49.4 Å². The summed E-state index contributed by atoms with van der Waals surface area (Å²) in [5.41, 5.74) is 3.70. The molecule has 0 amide bonds. The largest absolute Gasteiger partial charge is 0.497 e. The van der Waals surface area contributed by atoms with Gasteiger partial charge in [-0.25, -0.2) is 0 Å². The van der Waals surface area contributed by atoms with E-state index in [2.05, 4.69) is 70.4 Å². The van der Waals surface area contributed by atoms with E-state index in [1.54, 1.807) is 14.2 Å². The van der Waals surface area contributed by atoms with Crippen LogP contribution in [0, 0.1) is 0 Å². The maximum atomic E-state index is 6.28. The van der Waals surface area contributed by atoms with E-state index >= 15 is 0 Å². The molecule has 0 fully saturated rings. The van der Waals surface area contributed by atoms with E-state index in [1.807, 2.05) is 18.2 Å². The van der Waals surface area contributed by atoms with Crippen molar-refractivity contribution in [1.29, 1.82) is 0 Å². The van der Waals surface area contributed by atoms with E-state index in [1.165, 1.54) is 11.1 Å². The Morgan fingerprint density at radius 3 is 2.20 bits per heavy atom. The van der Waals surface area contributed by atoms with Crippen LogP contribution in [0.2, 0.25) is 0 Å². The molecule has 0 bridgehead atoms. The number of benzene rings is 2. The number of hydrogen-bond acceptors (Lipinski definition) is 4. The van der Waals surface area contributed by atoms with Crippen molar-refractivity contribution < 1.29 is 14.2 Å². The molecular weight excluding hydrogens is 456 g/mol. The van der Waals surface area contributed by atoms with Gasteiger partial charge in [-0.15, -0.1) is 0 Å². The zero-order chi connectivity index (χ0) is 26.1. The fourth-order valence-electron chi connectivity index (χ4n) is 3.68. The van der Waals surface area contributed by atoms with Gasteiger partial charge in [0.15, 0.2) is 5.11 Å². The highest BCUT2D eigenvalue weighted by molar-refractivity contribution is 7.80. The van der Waals surface area contributed by atoms with Gasteiger partial charge < -0.3 is 24.8 Å². The van der Waals surface area contributed by atoms with E-state index in [9.17, 15) is 0 Å². The second-order valence-corrected chi connectivity index (χ2v) is 10.6. The summed E-state index contributed by atoms with van der Waals surface area (Å²) in [4.78, 5) is 0. The molecule has 6 heteroatoms. The molecule has 0 atom stereocenters. The smallest absolute Gasteiger partial charge is 0.170 e. The van der Waals surface area contributed by atoms with Crippen molar-refractivity contribution in [2.24, 2.45) is 0 Å². The molecule has 194 valence electrons. The van der Waals surface area contributed by atoms with Gasteiger partial charge in [-0.3, -0.25) is 0 Å². The first-order valence-electron chi connectivity index (χ1n) is 12.6. The summed E-state index contributed by atoms with van der Waals surface area (Å²) in [6.07, 6.45) is 4.06.